The third-order valence-electron chi connectivity index (χ3n) is 2.67. The molecule has 0 bridgehead atoms. The molecular weight excluding hydrogens is 313 g/mol. The zero-order chi connectivity index (χ0) is 15.8. The van der Waals surface area contributed by atoms with Crippen LogP contribution in [0.25, 0.3) is 0 Å². The van der Waals surface area contributed by atoms with E-state index in [9.17, 15) is 4.79 Å². The molecule has 1 aromatic carbocycles. The van der Waals surface area contributed by atoms with Gasteiger partial charge in [0.25, 0.3) is 0 Å². The largest absolute Gasteiger partial charge is 0.387 e. The van der Waals surface area contributed by atoms with E-state index in [0.29, 0.717) is 29.0 Å². The number of ether oxygens (including phenoxy) is 2. The van der Waals surface area contributed by atoms with Gasteiger partial charge < -0.3 is 14.8 Å². The highest BCUT2D eigenvalue weighted by atomic mass is 35.5. The molecule has 1 N–H and O–H groups in total. The number of rotatable bonds is 8. The summed E-state index contributed by atoms with van der Waals surface area (Å²) < 4.78 is 10.9. The van der Waals surface area contributed by atoms with Crippen LogP contribution in [0.2, 0.25) is 10.0 Å². The maximum Gasteiger partial charge on any atom is 0.198 e. The summed E-state index contributed by atoms with van der Waals surface area (Å²) in [5.74, 6) is -0.306. The van der Waals surface area contributed by atoms with Crippen LogP contribution in [0.3, 0.4) is 0 Å². The first-order chi connectivity index (χ1) is 10.0. The Hall–Kier alpha value is -1.07. The van der Waals surface area contributed by atoms with Crippen molar-refractivity contribution in [2.75, 3.05) is 20.3 Å². The molecule has 6 heteroatoms. The molecular formula is C15H19Cl2NO3. The number of allylic oxidation sites excluding steroid dienone is 1. The summed E-state index contributed by atoms with van der Waals surface area (Å²) in [6.07, 6.45) is 0.763. The molecule has 0 aliphatic heterocycles. The van der Waals surface area contributed by atoms with Crippen molar-refractivity contribution in [3.05, 3.63) is 45.6 Å². The van der Waals surface area contributed by atoms with Gasteiger partial charge in [0.15, 0.2) is 12.1 Å². The van der Waals surface area contributed by atoms with Crippen LogP contribution in [0, 0.1) is 0 Å². The highest BCUT2D eigenvalue weighted by molar-refractivity contribution is 6.40. The lowest BCUT2D eigenvalue weighted by Crippen LogP contribution is -2.28. The molecule has 0 amide bonds. The number of halogens is 2. The SMILES string of the molecule is CCOC(OCC)C(=CC(=O)c1c(Cl)cccc1Cl)NC. The molecule has 116 valence electrons. The molecule has 0 atom stereocenters. The van der Waals surface area contributed by atoms with Crippen molar-refractivity contribution in [3.63, 3.8) is 0 Å². The quantitative estimate of drug-likeness (QED) is 0.448. The van der Waals surface area contributed by atoms with Gasteiger partial charge in [-0.25, -0.2) is 0 Å². The molecule has 0 spiro atoms. The van der Waals surface area contributed by atoms with Crippen LogP contribution in [0.4, 0.5) is 0 Å². The number of benzene rings is 1. The molecule has 0 saturated heterocycles. The third kappa shape index (κ3) is 5.00. The summed E-state index contributed by atoms with van der Waals surface area (Å²) in [7, 11) is 1.69. The molecule has 0 heterocycles. The van der Waals surface area contributed by atoms with E-state index in [-0.39, 0.29) is 11.3 Å². The van der Waals surface area contributed by atoms with Gasteiger partial charge in [-0.3, -0.25) is 4.79 Å². The van der Waals surface area contributed by atoms with E-state index in [4.69, 9.17) is 32.7 Å². The zero-order valence-electron chi connectivity index (χ0n) is 12.3. The Morgan fingerprint density at radius 3 is 2.19 bits per heavy atom. The second kappa shape index (κ2) is 9.05. The van der Waals surface area contributed by atoms with Gasteiger partial charge in [0, 0.05) is 26.3 Å². The smallest absolute Gasteiger partial charge is 0.198 e. The van der Waals surface area contributed by atoms with Crippen molar-refractivity contribution in [1.29, 1.82) is 0 Å². The molecule has 0 radical (unpaired) electrons. The summed E-state index contributed by atoms with van der Waals surface area (Å²) in [6, 6.07) is 4.93. The second-order valence-corrected chi connectivity index (χ2v) is 4.87. The number of carbonyl (C=O) groups is 1. The van der Waals surface area contributed by atoms with Gasteiger partial charge in [0.2, 0.25) is 0 Å². The summed E-state index contributed by atoms with van der Waals surface area (Å²) in [5, 5.41) is 3.53. The molecule has 21 heavy (non-hydrogen) atoms. The van der Waals surface area contributed by atoms with Gasteiger partial charge in [0.05, 0.1) is 21.3 Å². The second-order valence-electron chi connectivity index (χ2n) is 4.05. The number of likely N-dealkylation sites (N-methyl/N-ethyl adjacent to an activating group) is 1. The number of ketones is 1. The van der Waals surface area contributed by atoms with Crippen LogP contribution in [-0.4, -0.2) is 32.3 Å². The highest BCUT2D eigenvalue weighted by Gasteiger charge is 2.18. The monoisotopic (exact) mass is 331 g/mol. The minimum Gasteiger partial charge on any atom is -0.387 e. The highest BCUT2D eigenvalue weighted by Crippen LogP contribution is 2.25. The van der Waals surface area contributed by atoms with Crippen molar-refractivity contribution in [3.8, 4) is 0 Å². The van der Waals surface area contributed by atoms with Crippen LogP contribution in [-0.2, 0) is 9.47 Å². The lowest BCUT2D eigenvalue weighted by molar-refractivity contribution is -0.114. The summed E-state index contributed by atoms with van der Waals surface area (Å²) in [5.41, 5.74) is 0.778. The zero-order valence-corrected chi connectivity index (χ0v) is 13.8. The molecule has 1 rings (SSSR count). The van der Waals surface area contributed by atoms with Gasteiger partial charge in [-0.1, -0.05) is 29.3 Å². The summed E-state index contributed by atoms with van der Waals surface area (Å²) in [6.45, 7) is 4.63. The van der Waals surface area contributed by atoms with Gasteiger partial charge in [-0.15, -0.1) is 0 Å². The number of nitrogens with one attached hydrogen (secondary N) is 1. The minimum atomic E-state index is -0.629. The molecule has 4 nitrogen and oxygen atoms in total. The molecule has 0 fully saturated rings. The Kier molecular flexibility index (Phi) is 7.75. The summed E-state index contributed by atoms with van der Waals surface area (Å²) >= 11 is 12.1. The maximum absolute atomic E-state index is 12.4. The van der Waals surface area contributed by atoms with Crippen LogP contribution in [0.5, 0.6) is 0 Å². The van der Waals surface area contributed by atoms with Gasteiger partial charge in [0.1, 0.15) is 0 Å². The Bertz CT molecular complexity index is 491. The lowest BCUT2D eigenvalue weighted by atomic mass is 10.1. The van der Waals surface area contributed by atoms with Crippen molar-refractivity contribution in [2.45, 2.75) is 20.1 Å². The molecule has 0 aliphatic carbocycles. The molecule has 1 aromatic rings. The Morgan fingerprint density at radius 1 is 1.24 bits per heavy atom. The van der Waals surface area contributed by atoms with Crippen LogP contribution in [0.1, 0.15) is 24.2 Å². The van der Waals surface area contributed by atoms with Crippen LogP contribution >= 0.6 is 23.2 Å². The maximum atomic E-state index is 12.4. The van der Waals surface area contributed by atoms with Crippen molar-refractivity contribution < 1.29 is 14.3 Å². The molecule has 0 aromatic heterocycles. The van der Waals surface area contributed by atoms with E-state index in [2.05, 4.69) is 5.32 Å². The number of hydrogen-bond acceptors (Lipinski definition) is 4. The molecule has 0 saturated carbocycles. The lowest BCUT2D eigenvalue weighted by Gasteiger charge is -2.20. The molecule has 0 unspecified atom stereocenters. The average Bonchev–Trinajstić information content (AvgIpc) is 2.44. The van der Waals surface area contributed by atoms with E-state index in [0.717, 1.165) is 0 Å². The van der Waals surface area contributed by atoms with Gasteiger partial charge >= 0.3 is 0 Å². The van der Waals surface area contributed by atoms with Gasteiger partial charge in [-0.05, 0) is 26.0 Å². The predicted octanol–water partition coefficient (Wildman–Crippen LogP) is 3.68. The standard InChI is InChI=1S/C15H19Cl2NO3/c1-4-20-15(21-5-2)12(18-3)9-13(19)14-10(16)7-6-8-11(14)17/h6-9,15,18H,4-5H2,1-3H3. The number of carbonyl (C=O) groups excluding carboxylic acids is 1. The van der Waals surface area contributed by atoms with Crippen molar-refractivity contribution in [2.24, 2.45) is 0 Å². The Labute approximate surface area is 135 Å². The minimum absolute atomic E-state index is 0.264. The van der Waals surface area contributed by atoms with Gasteiger partial charge in [-0.2, -0.15) is 0 Å². The number of hydrogen-bond donors (Lipinski definition) is 1. The first-order valence-corrected chi connectivity index (χ1v) is 7.41. The Morgan fingerprint density at radius 2 is 1.76 bits per heavy atom. The predicted molar refractivity (Wildman–Crippen MR) is 85.0 cm³/mol. The summed E-state index contributed by atoms with van der Waals surface area (Å²) in [4.78, 5) is 12.4. The van der Waals surface area contributed by atoms with E-state index >= 15 is 0 Å². The normalized spacial score (nSPS) is 11.8. The van der Waals surface area contributed by atoms with E-state index in [1.807, 2.05) is 13.8 Å². The third-order valence-corrected chi connectivity index (χ3v) is 3.30. The topological polar surface area (TPSA) is 47.6 Å². The van der Waals surface area contributed by atoms with Crippen LogP contribution in [0.15, 0.2) is 30.0 Å². The fourth-order valence-electron chi connectivity index (χ4n) is 1.74. The average molecular weight is 332 g/mol. The first kappa shape index (κ1) is 18.0. The van der Waals surface area contributed by atoms with E-state index in [1.54, 1.807) is 25.2 Å². The fourth-order valence-corrected chi connectivity index (χ4v) is 2.32. The van der Waals surface area contributed by atoms with Crippen molar-refractivity contribution >= 4 is 29.0 Å². The van der Waals surface area contributed by atoms with E-state index in [1.165, 1.54) is 6.08 Å². The Balaban J connectivity index is 3.08. The van der Waals surface area contributed by atoms with E-state index < -0.39 is 6.29 Å². The first-order valence-electron chi connectivity index (χ1n) is 6.66. The van der Waals surface area contributed by atoms with Crippen LogP contribution < -0.4 is 5.32 Å². The fraction of sp³-hybridized carbons (Fsp3) is 0.400. The van der Waals surface area contributed by atoms with Crippen molar-refractivity contribution in [1.82, 2.24) is 5.32 Å². The molecule has 0 aliphatic rings.